The number of ether oxygens (including phenoxy) is 5. The van der Waals surface area contributed by atoms with Gasteiger partial charge in [0.1, 0.15) is 24.4 Å². The molecular formula is C31H32O9. The lowest BCUT2D eigenvalue weighted by Crippen LogP contribution is -2.63. The van der Waals surface area contributed by atoms with Gasteiger partial charge in [0.2, 0.25) is 0 Å². The first-order valence-corrected chi connectivity index (χ1v) is 12.9. The number of esters is 3. The van der Waals surface area contributed by atoms with Gasteiger partial charge in [-0.25, -0.2) is 0 Å². The van der Waals surface area contributed by atoms with E-state index >= 15 is 0 Å². The summed E-state index contributed by atoms with van der Waals surface area (Å²) in [6, 6.07) is 28.3. The molecule has 0 radical (unpaired) electrons. The molecule has 1 aliphatic rings. The van der Waals surface area contributed by atoms with Crippen molar-refractivity contribution in [2.24, 2.45) is 0 Å². The van der Waals surface area contributed by atoms with Gasteiger partial charge in [-0.05, 0) is 16.7 Å². The maximum Gasteiger partial charge on any atom is 0.303 e. The second-order valence-corrected chi connectivity index (χ2v) is 9.38. The van der Waals surface area contributed by atoms with E-state index in [1.165, 1.54) is 20.8 Å². The molecule has 0 amide bonds. The van der Waals surface area contributed by atoms with E-state index in [4.69, 9.17) is 23.7 Å². The Morgan fingerprint density at radius 1 is 0.675 bits per heavy atom. The number of rotatable bonds is 9. The van der Waals surface area contributed by atoms with E-state index < -0.39 is 54.2 Å². The number of aliphatic hydroxyl groups excluding tert-OH is 1. The largest absolute Gasteiger partial charge is 0.463 e. The minimum absolute atomic E-state index is 0.323. The van der Waals surface area contributed by atoms with Crippen LogP contribution in [0.2, 0.25) is 0 Å². The fourth-order valence-corrected chi connectivity index (χ4v) is 4.94. The molecule has 4 rings (SSSR count). The Morgan fingerprint density at radius 2 is 1.10 bits per heavy atom. The van der Waals surface area contributed by atoms with Crippen molar-refractivity contribution >= 4 is 17.9 Å². The third-order valence-corrected chi connectivity index (χ3v) is 6.52. The molecule has 0 bridgehead atoms. The SMILES string of the molecule is CC(=O)OC[C@H]1O[C@@H](O)[C@H](OC(C)=O)[C@@H](OC(C)=O)[C@@H]1OC(c1ccccc1)(c1ccccc1)c1ccccc1. The molecule has 1 N–H and O–H groups in total. The average molecular weight is 549 g/mol. The van der Waals surface area contributed by atoms with Gasteiger partial charge in [-0.3, -0.25) is 14.4 Å². The van der Waals surface area contributed by atoms with Gasteiger partial charge in [0.05, 0.1) is 0 Å². The maximum absolute atomic E-state index is 12.3. The normalized spacial score (nSPS) is 22.6. The first-order chi connectivity index (χ1) is 19.2. The van der Waals surface area contributed by atoms with E-state index in [1.807, 2.05) is 91.0 Å². The Hall–Kier alpha value is -4.05. The van der Waals surface area contributed by atoms with Crippen LogP contribution in [0.5, 0.6) is 0 Å². The van der Waals surface area contributed by atoms with E-state index in [1.54, 1.807) is 0 Å². The zero-order chi connectivity index (χ0) is 28.7. The van der Waals surface area contributed by atoms with Gasteiger partial charge in [-0.15, -0.1) is 0 Å². The average Bonchev–Trinajstić information content (AvgIpc) is 2.94. The van der Waals surface area contributed by atoms with Crippen molar-refractivity contribution in [3.8, 4) is 0 Å². The minimum atomic E-state index is -1.69. The highest BCUT2D eigenvalue weighted by Gasteiger charge is 2.54. The molecule has 1 saturated heterocycles. The summed E-state index contributed by atoms with van der Waals surface area (Å²) in [5.74, 6) is -1.99. The van der Waals surface area contributed by atoms with Crippen LogP contribution in [0.1, 0.15) is 37.5 Å². The molecule has 3 aromatic rings. The summed E-state index contributed by atoms with van der Waals surface area (Å²) >= 11 is 0. The van der Waals surface area contributed by atoms with Crippen molar-refractivity contribution in [2.45, 2.75) is 57.1 Å². The zero-order valence-electron chi connectivity index (χ0n) is 22.5. The fourth-order valence-electron chi connectivity index (χ4n) is 4.94. The summed E-state index contributed by atoms with van der Waals surface area (Å²) in [5, 5.41) is 10.8. The summed E-state index contributed by atoms with van der Waals surface area (Å²) < 4.78 is 29.2. The maximum atomic E-state index is 12.3. The summed E-state index contributed by atoms with van der Waals surface area (Å²) in [7, 11) is 0. The molecule has 0 unspecified atom stereocenters. The van der Waals surface area contributed by atoms with Crippen LogP contribution in [0.4, 0.5) is 0 Å². The number of hydrogen-bond donors (Lipinski definition) is 1. The van der Waals surface area contributed by atoms with E-state index in [0.29, 0.717) is 0 Å². The predicted molar refractivity (Wildman–Crippen MR) is 143 cm³/mol. The molecule has 3 aromatic carbocycles. The lowest BCUT2D eigenvalue weighted by atomic mass is 9.79. The highest BCUT2D eigenvalue weighted by atomic mass is 16.7. The second-order valence-electron chi connectivity index (χ2n) is 9.38. The quantitative estimate of drug-likeness (QED) is 0.244. The van der Waals surface area contributed by atoms with Crippen LogP contribution in [0.15, 0.2) is 91.0 Å². The molecule has 0 aliphatic carbocycles. The van der Waals surface area contributed by atoms with Gasteiger partial charge in [0.25, 0.3) is 0 Å². The minimum Gasteiger partial charge on any atom is -0.463 e. The number of carbonyl (C=O) groups excluding carboxylic acids is 3. The Kier molecular flexibility index (Phi) is 9.31. The van der Waals surface area contributed by atoms with E-state index in [-0.39, 0.29) is 6.61 Å². The zero-order valence-corrected chi connectivity index (χ0v) is 22.5. The lowest BCUT2D eigenvalue weighted by molar-refractivity contribution is -0.309. The summed E-state index contributed by atoms with van der Waals surface area (Å²) in [4.78, 5) is 36.1. The van der Waals surface area contributed by atoms with Crippen LogP contribution in [0, 0.1) is 0 Å². The van der Waals surface area contributed by atoms with E-state index in [2.05, 4.69) is 0 Å². The molecule has 1 aliphatic heterocycles. The fraction of sp³-hybridized carbons (Fsp3) is 0.323. The van der Waals surface area contributed by atoms with Crippen molar-refractivity contribution in [1.82, 2.24) is 0 Å². The lowest BCUT2D eigenvalue weighted by Gasteiger charge is -2.47. The second kappa shape index (κ2) is 12.9. The van der Waals surface area contributed by atoms with Crippen LogP contribution < -0.4 is 0 Å². The highest BCUT2D eigenvalue weighted by molar-refractivity contribution is 5.67. The van der Waals surface area contributed by atoms with Crippen LogP contribution in [0.25, 0.3) is 0 Å². The first-order valence-electron chi connectivity index (χ1n) is 12.9. The van der Waals surface area contributed by atoms with E-state index in [9.17, 15) is 19.5 Å². The molecule has 0 aromatic heterocycles. The number of hydrogen-bond acceptors (Lipinski definition) is 9. The third-order valence-electron chi connectivity index (χ3n) is 6.52. The van der Waals surface area contributed by atoms with Crippen LogP contribution in [-0.2, 0) is 43.7 Å². The molecular weight excluding hydrogens is 516 g/mol. The summed E-state index contributed by atoms with van der Waals surface area (Å²) in [6.07, 6.45) is -6.71. The molecule has 1 heterocycles. The Labute approximate surface area is 232 Å². The molecule has 9 nitrogen and oxygen atoms in total. The Morgan fingerprint density at radius 3 is 1.50 bits per heavy atom. The van der Waals surface area contributed by atoms with Gasteiger partial charge >= 0.3 is 17.9 Å². The van der Waals surface area contributed by atoms with Gasteiger partial charge in [0, 0.05) is 20.8 Å². The van der Waals surface area contributed by atoms with Crippen LogP contribution in [-0.4, -0.2) is 60.3 Å². The van der Waals surface area contributed by atoms with Crippen molar-refractivity contribution in [3.63, 3.8) is 0 Å². The standard InChI is InChI=1S/C31H32O9/c1-20(32)36-19-26-27(28(37-21(2)33)29(30(35)39-26)38-22(3)34)40-31(23-13-7-4-8-14-23,24-15-9-5-10-16-24)25-17-11-6-12-18-25/h4-18,26-30,35H,19H2,1-3H3/t26-,27-,28+,29-,30-/m1/s1. The van der Waals surface area contributed by atoms with Gasteiger partial charge < -0.3 is 28.8 Å². The number of carbonyl (C=O) groups is 3. The molecule has 210 valence electrons. The van der Waals surface area contributed by atoms with Gasteiger partial charge in [0.15, 0.2) is 18.5 Å². The van der Waals surface area contributed by atoms with Crippen LogP contribution in [0.3, 0.4) is 0 Å². The van der Waals surface area contributed by atoms with Gasteiger partial charge in [-0.1, -0.05) is 91.0 Å². The molecule has 5 atom stereocenters. The summed E-state index contributed by atoms with van der Waals surface area (Å²) in [5.41, 5.74) is 0.939. The van der Waals surface area contributed by atoms with Crippen molar-refractivity contribution < 1.29 is 43.2 Å². The monoisotopic (exact) mass is 548 g/mol. The third kappa shape index (κ3) is 6.39. The van der Waals surface area contributed by atoms with Crippen LogP contribution >= 0.6 is 0 Å². The molecule has 9 heteroatoms. The predicted octanol–water partition coefficient (Wildman–Crippen LogP) is 3.51. The van der Waals surface area contributed by atoms with E-state index in [0.717, 1.165) is 16.7 Å². The van der Waals surface area contributed by atoms with Gasteiger partial charge in [-0.2, -0.15) is 0 Å². The summed E-state index contributed by atoms with van der Waals surface area (Å²) in [6.45, 7) is 3.28. The van der Waals surface area contributed by atoms with Crippen molar-refractivity contribution in [2.75, 3.05) is 6.61 Å². The smallest absolute Gasteiger partial charge is 0.303 e. The Balaban J connectivity index is 1.95. The number of aliphatic hydroxyl groups is 1. The molecule has 1 fully saturated rings. The van der Waals surface area contributed by atoms with Crippen molar-refractivity contribution in [1.29, 1.82) is 0 Å². The van der Waals surface area contributed by atoms with Crippen molar-refractivity contribution in [3.05, 3.63) is 108 Å². The highest BCUT2D eigenvalue weighted by Crippen LogP contribution is 2.44. The molecule has 0 spiro atoms. The Bertz CT molecular complexity index is 1180. The number of benzene rings is 3. The topological polar surface area (TPSA) is 118 Å². The molecule has 40 heavy (non-hydrogen) atoms. The first kappa shape index (κ1) is 28.9. The molecule has 0 saturated carbocycles.